The van der Waals surface area contributed by atoms with Crippen molar-refractivity contribution in [1.82, 2.24) is 4.90 Å². The normalized spacial score (nSPS) is 15.5. The predicted octanol–water partition coefficient (Wildman–Crippen LogP) is 2.96. The van der Waals surface area contributed by atoms with E-state index in [1.807, 2.05) is 38.7 Å². The predicted molar refractivity (Wildman–Crippen MR) is 87.9 cm³/mol. The first-order chi connectivity index (χ1) is 10.7. The second kappa shape index (κ2) is 6.44. The molecule has 0 radical (unpaired) electrons. The van der Waals surface area contributed by atoms with E-state index in [0.717, 1.165) is 5.56 Å². The molecule has 0 spiro atoms. The van der Waals surface area contributed by atoms with Crippen LogP contribution in [-0.2, 0) is 4.74 Å². The molecule has 1 aliphatic heterocycles. The molecule has 2 rings (SSSR count). The quantitative estimate of drug-likeness (QED) is 0.618. The lowest BCUT2D eigenvalue weighted by molar-refractivity contribution is -0.384. The SMILES string of the molecule is Cc1ccc([N+](=O)[O-])c(N2CCN(C(=O)OC(C)(C)C)CC2)c1. The molecule has 1 aliphatic rings. The second-order valence-corrected chi connectivity index (χ2v) is 6.70. The van der Waals surface area contributed by atoms with Gasteiger partial charge in [0, 0.05) is 32.2 Å². The summed E-state index contributed by atoms with van der Waals surface area (Å²) < 4.78 is 5.36. The van der Waals surface area contributed by atoms with E-state index in [1.54, 1.807) is 11.0 Å². The van der Waals surface area contributed by atoms with E-state index in [2.05, 4.69) is 0 Å². The Morgan fingerprint density at radius 2 is 1.83 bits per heavy atom. The Bertz CT molecular complexity index is 602. The summed E-state index contributed by atoms with van der Waals surface area (Å²) in [5.41, 5.74) is 1.16. The van der Waals surface area contributed by atoms with Crippen LogP contribution in [0.25, 0.3) is 0 Å². The summed E-state index contributed by atoms with van der Waals surface area (Å²) in [5.74, 6) is 0. The van der Waals surface area contributed by atoms with E-state index in [9.17, 15) is 14.9 Å². The van der Waals surface area contributed by atoms with Gasteiger partial charge in [0.05, 0.1) is 4.92 Å². The van der Waals surface area contributed by atoms with Crippen molar-refractivity contribution < 1.29 is 14.5 Å². The van der Waals surface area contributed by atoms with Crippen LogP contribution in [0.2, 0.25) is 0 Å². The van der Waals surface area contributed by atoms with E-state index in [-0.39, 0.29) is 16.7 Å². The summed E-state index contributed by atoms with van der Waals surface area (Å²) in [5, 5.41) is 11.2. The molecule has 1 fully saturated rings. The van der Waals surface area contributed by atoms with Gasteiger partial charge in [-0.1, -0.05) is 6.07 Å². The average molecular weight is 321 g/mol. The minimum absolute atomic E-state index is 0.0984. The van der Waals surface area contributed by atoms with E-state index < -0.39 is 5.60 Å². The largest absolute Gasteiger partial charge is 0.444 e. The van der Waals surface area contributed by atoms with Crippen molar-refractivity contribution in [2.24, 2.45) is 0 Å². The maximum absolute atomic E-state index is 12.1. The van der Waals surface area contributed by atoms with Crippen LogP contribution < -0.4 is 4.90 Å². The van der Waals surface area contributed by atoms with Crippen molar-refractivity contribution in [1.29, 1.82) is 0 Å². The van der Waals surface area contributed by atoms with Gasteiger partial charge in [0.2, 0.25) is 0 Å². The minimum atomic E-state index is -0.524. The molecule has 0 aromatic heterocycles. The van der Waals surface area contributed by atoms with Crippen molar-refractivity contribution in [3.63, 3.8) is 0 Å². The summed E-state index contributed by atoms with van der Waals surface area (Å²) in [6, 6.07) is 5.09. The topological polar surface area (TPSA) is 75.9 Å². The van der Waals surface area contributed by atoms with Crippen LogP contribution >= 0.6 is 0 Å². The third-order valence-electron chi connectivity index (χ3n) is 3.60. The Morgan fingerprint density at radius 3 is 2.35 bits per heavy atom. The number of hydrogen-bond donors (Lipinski definition) is 0. The Labute approximate surface area is 136 Å². The molecule has 0 aliphatic carbocycles. The fraction of sp³-hybridized carbons (Fsp3) is 0.562. The molecule has 7 nitrogen and oxygen atoms in total. The number of nitro benzene ring substituents is 1. The molecule has 23 heavy (non-hydrogen) atoms. The van der Waals surface area contributed by atoms with E-state index >= 15 is 0 Å². The summed E-state index contributed by atoms with van der Waals surface area (Å²) in [7, 11) is 0. The van der Waals surface area contributed by atoms with Crippen LogP contribution in [0.1, 0.15) is 26.3 Å². The number of piperazine rings is 1. The number of carbonyl (C=O) groups is 1. The molecule has 1 amide bonds. The number of aryl methyl sites for hydroxylation is 1. The van der Waals surface area contributed by atoms with Gasteiger partial charge in [0.25, 0.3) is 5.69 Å². The molecule has 1 aromatic rings. The lowest BCUT2D eigenvalue weighted by atomic mass is 10.1. The Balaban J connectivity index is 2.06. The number of nitrogens with zero attached hydrogens (tertiary/aromatic N) is 3. The van der Waals surface area contributed by atoms with Crippen molar-refractivity contribution in [2.45, 2.75) is 33.3 Å². The zero-order valence-corrected chi connectivity index (χ0v) is 14.0. The number of nitro groups is 1. The van der Waals surface area contributed by atoms with Gasteiger partial charge in [0.15, 0.2) is 0 Å². The van der Waals surface area contributed by atoms with Gasteiger partial charge in [-0.3, -0.25) is 10.1 Å². The number of hydrogen-bond acceptors (Lipinski definition) is 5. The van der Waals surface area contributed by atoms with Crippen molar-refractivity contribution >= 4 is 17.5 Å². The summed E-state index contributed by atoms with van der Waals surface area (Å²) in [6.07, 6.45) is -0.337. The molecule has 7 heteroatoms. The number of ether oxygens (including phenoxy) is 1. The van der Waals surface area contributed by atoms with Gasteiger partial charge in [-0.2, -0.15) is 0 Å². The third kappa shape index (κ3) is 4.34. The second-order valence-electron chi connectivity index (χ2n) is 6.70. The Morgan fingerprint density at radius 1 is 1.22 bits per heavy atom. The molecule has 0 N–H and O–H groups in total. The molecule has 1 heterocycles. The molecule has 0 saturated carbocycles. The van der Waals surface area contributed by atoms with Gasteiger partial charge in [-0.05, 0) is 39.3 Å². The van der Waals surface area contributed by atoms with E-state index in [0.29, 0.717) is 31.9 Å². The fourth-order valence-corrected chi connectivity index (χ4v) is 2.50. The summed E-state index contributed by atoms with van der Waals surface area (Å²) >= 11 is 0. The van der Waals surface area contributed by atoms with Crippen LogP contribution in [0.4, 0.5) is 16.2 Å². The highest BCUT2D eigenvalue weighted by Gasteiger charge is 2.28. The Hall–Kier alpha value is -2.31. The van der Waals surface area contributed by atoms with Gasteiger partial charge >= 0.3 is 6.09 Å². The van der Waals surface area contributed by atoms with Crippen LogP contribution in [0.5, 0.6) is 0 Å². The zero-order chi connectivity index (χ0) is 17.2. The maximum atomic E-state index is 12.1. The first-order valence-electron chi connectivity index (χ1n) is 7.65. The Kier molecular flexibility index (Phi) is 4.77. The third-order valence-corrected chi connectivity index (χ3v) is 3.60. The molecule has 0 unspecified atom stereocenters. The summed E-state index contributed by atoms with van der Waals surface area (Å²) in [4.78, 5) is 26.5. The molecule has 1 saturated heterocycles. The van der Waals surface area contributed by atoms with Crippen molar-refractivity contribution in [3.8, 4) is 0 Å². The van der Waals surface area contributed by atoms with E-state index in [1.165, 1.54) is 6.07 Å². The van der Waals surface area contributed by atoms with Crippen molar-refractivity contribution in [2.75, 3.05) is 31.1 Å². The molecule has 1 aromatic carbocycles. The van der Waals surface area contributed by atoms with Gasteiger partial charge in [-0.25, -0.2) is 4.79 Å². The number of carbonyl (C=O) groups excluding carboxylic acids is 1. The van der Waals surface area contributed by atoms with Gasteiger partial charge in [0.1, 0.15) is 11.3 Å². The standard InChI is InChI=1S/C16H23N3O4/c1-12-5-6-13(19(21)22)14(11-12)17-7-9-18(10-8-17)15(20)23-16(2,3)4/h5-6,11H,7-10H2,1-4H3. The van der Waals surface area contributed by atoms with E-state index in [4.69, 9.17) is 4.74 Å². The minimum Gasteiger partial charge on any atom is -0.444 e. The smallest absolute Gasteiger partial charge is 0.410 e. The average Bonchev–Trinajstić information content (AvgIpc) is 2.45. The van der Waals surface area contributed by atoms with Crippen LogP contribution in [0.15, 0.2) is 18.2 Å². The molecule has 126 valence electrons. The molecular weight excluding hydrogens is 298 g/mol. The first kappa shape index (κ1) is 17.1. The highest BCUT2D eigenvalue weighted by Crippen LogP contribution is 2.30. The summed E-state index contributed by atoms with van der Waals surface area (Å²) in [6.45, 7) is 9.46. The van der Waals surface area contributed by atoms with Gasteiger partial charge in [-0.15, -0.1) is 0 Å². The van der Waals surface area contributed by atoms with Crippen LogP contribution in [0.3, 0.4) is 0 Å². The van der Waals surface area contributed by atoms with Crippen LogP contribution in [-0.4, -0.2) is 47.7 Å². The highest BCUT2D eigenvalue weighted by molar-refractivity contribution is 5.69. The number of rotatable bonds is 2. The molecule has 0 atom stereocenters. The molecule has 0 bridgehead atoms. The molecular formula is C16H23N3O4. The number of amides is 1. The first-order valence-corrected chi connectivity index (χ1v) is 7.65. The number of anilines is 1. The maximum Gasteiger partial charge on any atom is 0.410 e. The lowest BCUT2D eigenvalue weighted by Crippen LogP contribution is -2.50. The lowest BCUT2D eigenvalue weighted by Gasteiger charge is -2.36. The highest BCUT2D eigenvalue weighted by atomic mass is 16.6. The van der Waals surface area contributed by atoms with Crippen molar-refractivity contribution in [3.05, 3.63) is 33.9 Å². The van der Waals surface area contributed by atoms with Crippen LogP contribution in [0, 0.1) is 17.0 Å². The monoisotopic (exact) mass is 321 g/mol. The van der Waals surface area contributed by atoms with Gasteiger partial charge < -0.3 is 14.5 Å². The number of benzene rings is 1. The fourth-order valence-electron chi connectivity index (χ4n) is 2.50. The zero-order valence-electron chi connectivity index (χ0n) is 14.0.